The molecule has 272 valence electrons. The van der Waals surface area contributed by atoms with Crippen LogP contribution in [0.15, 0.2) is 67.4 Å². The SMILES string of the molecule is Clc1ccccc1CN1CCN(c2nccn3c(-c4cccnc4)cnc23)CC1.O=C(O)C(F)(F)F.O=C(O)C(F)(F)F.O=C(O)C(F)(F)F. The van der Waals surface area contributed by atoms with Crippen LogP contribution in [0.2, 0.25) is 5.02 Å². The molecule has 50 heavy (non-hydrogen) atoms. The summed E-state index contributed by atoms with van der Waals surface area (Å²) in [4.78, 5) is 45.0. The number of carboxylic acid groups (broad SMARTS) is 3. The summed E-state index contributed by atoms with van der Waals surface area (Å²) in [6.45, 7) is 4.62. The van der Waals surface area contributed by atoms with Gasteiger partial charge in [0.1, 0.15) is 0 Å². The molecule has 1 fully saturated rings. The van der Waals surface area contributed by atoms with Crippen molar-refractivity contribution in [3.8, 4) is 11.3 Å². The van der Waals surface area contributed by atoms with Gasteiger partial charge in [-0.15, -0.1) is 0 Å². The Bertz CT molecular complexity index is 1670. The van der Waals surface area contributed by atoms with Gasteiger partial charge in [0.15, 0.2) is 11.5 Å². The number of aliphatic carboxylic acids is 3. The summed E-state index contributed by atoms with van der Waals surface area (Å²) in [5.74, 6) is -7.34. The lowest BCUT2D eigenvalue weighted by molar-refractivity contribution is -0.193. The molecule has 3 aromatic heterocycles. The second-order valence-corrected chi connectivity index (χ2v) is 10.0. The van der Waals surface area contributed by atoms with Crippen LogP contribution in [-0.2, 0) is 20.9 Å². The molecule has 1 aromatic carbocycles. The number of anilines is 1. The molecule has 1 aliphatic rings. The van der Waals surface area contributed by atoms with E-state index in [2.05, 4.69) is 35.2 Å². The van der Waals surface area contributed by atoms with E-state index in [1.165, 1.54) is 5.56 Å². The highest BCUT2D eigenvalue weighted by Crippen LogP contribution is 2.26. The average molecular weight is 747 g/mol. The van der Waals surface area contributed by atoms with E-state index >= 15 is 0 Å². The Hall–Kier alpha value is -5.18. The van der Waals surface area contributed by atoms with Gasteiger partial charge in [-0.25, -0.2) is 24.4 Å². The summed E-state index contributed by atoms with van der Waals surface area (Å²) in [6.07, 6.45) is -5.91. The van der Waals surface area contributed by atoms with Crippen molar-refractivity contribution in [3.63, 3.8) is 0 Å². The molecular weight excluding hydrogens is 723 g/mol. The maximum Gasteiger partial charge on any atom is 0.490 e. The Labute approximate surface area is 280 Å². The number of imidazole rings is 1. The monoisotopic (exact) mass is 746 g/mol. The first kappa shape index (κ1) is 41.0. The molecule has 1 aliphatic heterocycles. The summed E-state index contributed by atoms with van der Waals surface area (Å²) in [7, 11) is 0. The molecule has 0 radical (unpaired) electrons. The van der Waals surface area contributed by atoms with E-state index in [4.69, 9.17) is 41.3 Å². The minimum Gasteiger partial charge on any atom is -0.475 e. The lowest BCUT2D eigenvalue weighted by Gasteiger charge is -2.35. The number of piperazine rings is 1. The number of fused-ring (bicyclic) bond motifs is 1. The molecule has 3 N–H and O–H groups in total. The smallest absolute Gasteiger partial charge is 0.475 e. The minimum atomic E-state index is -5.08. The molecule has 5 rings (SSSR count). The zero-order valence-electron chi connectivity index (χ0n) is 24.9. The molecule has 0 aliphatic carbocycles. The van der Waals surface area contributed by atoms with Gasteiger partial charge in [0.25, 0.3) is 0 Å². The highest BCUT2D eigenvalue weighted by atomic mass is 35.5. The average Bonchev–Trinajstić information content (AvgIpc) is 3.47. The number of aromatic nitrogens is 4. The van der Waals surface area contributed by atoms with Gasteiger partial charge in [0.05, 0.1) is 11.9 Å². The molecule has 22 heteroatoms. The van der Waals surface area contributed by atoms with Crippen LogP contribution in [0, 0.1) is 0 Å². The first-order valence-corrected chi connectivity index (χ1v) is 13.8. The Morgan fingerprint density at radius 1 is 0.720 bits per heavy atom. The molecule has 0 bridgehead atoms. The van der Waals surface area contributed by atoms with Gasteiger partial charge in [0, 0.05) is 68.1 Å². The van der Waals surface area contributed by atoms with E-state index in [0.29, 0.717) is 0 Å². The van der Waals surface area contributed by atoms with Crippen molar-refractivity contribution in [2.45, 2.75) is 25.1 Å². The van der Waals surface area contributed by atoms with Gasteiger partial charge in [-0.2, -0.15) is 39.5 Å². The molecule has 0 unspecified atom stereocenters. The third-order valence-electron chi connectivity index (χ3n) is 6.12. The number of carbonyl (C=O) groups is 3. The van der Waals surface area contributed by atoms with Crippen molar-refractivity contribution in [2.24, 2.45) is 0 Å². The van der Waals surface area contributed by atoms with Crippen LogP contribution in [0.1, 0.15) is 5.56 Å². The van der Waals surface area contributed by atoms with Gasteiger partial charge >= 0.3 is 36.4 Å². The molecule has 0 saturated carbocycles. The van der Waals surface area contributed by atoms with Gasteiger partial charge in [0.2, 0.25) is 0 Å². The minimum absolute atomic E-state index is 0.835. The summed E-state index contributed by atoms with van der Waals surface area (Å²) in [5.41, 5.74) is 4.12. The van der Waals surface area contributed by atoms with E-state index in [-0.39, 0.29) is 0 Å². The molecule has 4 aromatic rings. The maximum atomic E-state index is 10.6. The highest BCUT2D eigenvalue weighted by molar-refractivity contribution is 6.31. The van der Waals surface area contributed by atoms with Crippen LogP contribution in [0.3, 0.4) is 0 Å². The van der Waals surface area contributed by atoms with Gasteiger partial charge < -0.3 is 20.2 Å². The third kappa shape index (κ3) is 12.7. The van der Waals surface area contributed by atoms with Crippen LogP contribution in [0.25, 0.3) is 16.9 Å². The topological polar surface area (TPSA) is 161 Å². The predicted molar refractivity (Wildman–Crippen MR) is 156 cm³/mol. The molecule has 0 spiro atoms. The van der Waals surface area contributed by atoms with Crippen molar-refractivity contribution in [1.29, 1.82) is 0 Å². The molecule has 0 atom stereocenters. The van der Waals surface area contributed by atoms with E-state index in [1.807, 2.05) is 55.1 Å². The fourth-order valence-electron chi connectivity index (χ4n) is 3.84. The first-order valence-electron chi connectivity index (χ1n) is 13.5. The third-order valence-corrected chi connectivity index (χ3v) is 6.49. The number of nitrogens with zero attached hydrogens (tertiary/aromatic N) is 6. The van der Waals surface area contributed by atoms with Crippen molar-refractivity contribution < 1.29 is 69.2 Å². The number of pyridine rings is 1. The molecule has 4 heterocycles. The number of hydrogen-bond donors (Lipinski definition) is 3. The molecule has 12 nitrogen and oxygen atoms in total. The normalized spacial score (nSPS) is 13.5. The number of halogens is 10. The van der Waals surface area contributed by atoms with Crippen molar-refractivity contribution in [1.82, 2.24) is 24.3 Å². The van der Waals surface area contributed by atoms with E-state index in [9.17, 15) is 39.5 Å². The number of hydrogen-bond acceptors (Lipinski definition) is 8. The van der Waals surface area contributed by atoms with E-state index < -0.39 is 36.4 Å². The zero-order chi connectivity index (χ0) is 37.9. The Morgan fingerprint density at radius 3 is 1.70 bits per heavy atom. The van der Waals surface area contributed by atoms with Crippen LogP contribution in [-0.4, -0.2) is 102 Å². The molecular formula is C28H24ClF9N6O6. The molecule has 0 amide bonds. The number of benzene rings is 1. The summed E-state index contributed by atoms with van der Waals surface area (Å²) in [5, 5.41) is 22.2. The van der Waals surface area contributed by atoms with Crippen LogP contribution in [0.4, 0.5) is 45.3 Å². The summed E-state index contributed by atoms with van der Waals surface area (Å²) < 4.78 is 97.3. The van der Waals surface area contributed by atoms with Gasteiger partial charge in [-0.05, 0) is 23.8 Å². The fourth-order valence-corrected chi connectivity index (χ4v) is 4.04. The van der Waals surface area contributed by atoms with Gasteiger partial charge in [-0.3, -0.25) is 14.3 Å². The zero-order valence-corrected chi connectivity index (χ0v) is 25.7. The van der Waals surface area contributed by atoms with Crippen LogP contribution < -0.4 is 4.90 Å². The second-order valence-electron chi connectivity index (χ2n) is 9.59. The fraction of sp³-hybridized carbons (Fsp3) is 0.286. The lowest BCUT2D eigenvalue weighted by Crippen LogP contribution is -2.46. The number of carboxylic acids is 3. The summed E-state index contributed by atoms with van der Waals surface area (Å²) >= 11 is 6.32. The largest absolute Gasteiger partial charge is 0.490 e. The first-order chi connectivity index (χ1) is 23.1. The predicted octanol–water partition coefficient (Wildman–Crippen LogP) is 5.67. The number of alkyl halides is 9. The number of rotatable bonds is 4. The molecule has 1 saturated heterocycles. The van der Waals surface area contributed by atoms with Crippen LogP contribution in [0.5, 0.6) is 0 Å². The van der Waals surface area contributed by atoms with E-state index in [0.717, 1.165) is 60.5 Å². The Balaban J connectivity index is 0.000000338. The standard InChI is InChI=1S/C22H21ClN6.3C2HF3O2/c23-19-6-2-1-4-18(19)16-27-10-12-28(13-11-27)21-22-26-15-20(29(22)9-8-25-21)17-5-3-7-24-14-17;3*3-2(4,5)1(6)7/h1-9,14-15H,10-13,16H2;3*(H,6,7). The highest BCUT2D eigenvalue weighted by Gasteiger charge is 2.39. The van der Waals surface area contributed by atoms with Crippen molar-refractivity contribution in [2.75, 3.05) is 31.1 Å². The lowest BCUT2D eigenvalue weighted by atomic mass is 10.2. The van der Waals surface area contributed by atoms with Crippen molar-refractivity contribution >= 4 is 41.0 Å². The second kappa shape index (κ2) is 17.5. The maximum absolute atomic E-state index is 10.6. The Morgan fingerprint density at radius 2 is 1.24 bits per heavy atom. The van der Waals surface area contributed by atoms with Gasteiger partial charge in [-0.1, -0.05) is 29.8 Å². The quantitative estimate of drug-likeness (QED) is 0.221. The Kier molecular flexibility index (Phi) is 14.3. The van der Waals surface area contributed by atoms with E-state index in [1.54, 1.807) is 6.20 Å². The van der Waals surface area contributed by atoms with Crippen LogP contribution >= 0.6 is 11.6 Å². The van der Waals surface area contributed by atoms with Crippen molar-refractivity contribution in [3.05, 3.63) is 78.0 Å². The summed E-state index contributed by atoms with van der Waals surface area (Å²) in [6, 6.07) is 12.1.